The lowest BCUT2D eigenvalue weighted by molar-refractivity contribution is 0.280. The molecule has 2 aromatic rings. The number of aromatic nitrogens is 2. The van der Waals surface area contributed by atoms with Crippen molar-refractivity contribution in [3.63, 3.8) is 0 Å². The molecule has 2 unspecified atom stereocenters. The first kappa shape index (κ1) is 15.7. The van der Waals surface area contributed by atoms with E-state index in [2.05, 4.69) is 55.3 Å². The van der Waals surface area contributed by atoms with Gasteiger partial charge in [0.2, 0.25) is 5.89 Å². The summed E-state index contributed by atoms with van der Waals surface area (Å²) in [5.41, 5.74) is 1.20. The minimum Gasteiger partial charge on any atom is -0.339 e. The third-order valence-electron chi connectivity index (χ3n) is 3.76. The van der Waals surface area contributed by atoms with E-state index in [0.29, 0.717) is 18.4 Å². The second-order valence-electron chi connectivity index (χ2n) is 5.83. The van der Waals surface area contributed by atoms with Gasteiger partial charge >= 0.3 is 0 Å². The summed E-state index contributed by atoms with van der Waals surface area (Å²) < 4.78 is 5.53. The van der Waals surface area contributed by atoms with Gasteiger partial charge in [0.15, 0.2) is 5.82 Å². The summed E-state index contributed by atoms with van der Waals surface area (Å²) in [4.78, 5) is 4.61. The van der Waals surface area contributed by atoms with E-state index >= 15 is 0 Å². The summed E-state index contributed by atoms with van der Waals surface area (Å²) in [7, 11) is 0. The average molecular weight is 287 g/mol. The predicted octanol–water partition coefficient (Wildman–Crippen LogP) is 3.40. The van der Waals surface area contributed by atoms with Crippen molar-refractivity contribution in [3.8, 4) is 0 Å². The van der Waals surface area contributed by atoms with Crippen LogP contribution in [0.3, 0.4) is 0 Å². The van der Waals surface area contributed by atoms with Gasteiger partial charge in [0, 0.05) is 12.5 Å². The zero-order valence-corrected chi connectivity index (χ0v) is 13.3. The first-order chi connectivity index (χ1) is 10.1. The van der Waals surface area contributed by atoms with Crippen LogP contribution < -0.4 is 5.32 Å². The molecule has 1 aromatic heterocycles. The van der Waals surface area contributed by atoms with Gasteiger partial charge < -0.3 is 9.84 Å². The Labute approximate surface area is 127 Å². The lowest BCUT2D eigenvalue weighted by atomic mass is 9.89. The molecule has 0 saturated heterocycles. The molecule has 0 radical (unpaired) electrons. The smallest absolute Gasteiger partial charge is 0.231 e. The molecule has 4 heteroatoms. The molecule has 0 aliphatic rings. The van der Waals surface area contributed by atoms with Crippen LogP contribution in [0.15, 0.2) is 34.9 Å². The van der Waals surface area contributed by atoms with Gasteiger partial charge in [0.05, 0.1) is 5.92 Å². The standard InChI is InChI=1S/C17H25N3O/c1-5-18-13(4)16(12(2)3)17-19-15(20-21-17)11-14-9-7-6-8-10-14/h6-10,12-13,16,18H,5,11H2,1-4H3. The van der Waals surface area contributed by atoms with Crippen molar-refractivity contribution in [1.82, 2.24) is 15.5 Å². The molecular weight excluding hydrogens is 262 g/mol. The van der Waals surface area contributed by atoms with Gasteiger partial charge in [-0.1, -0.05) is 56.3 Å². The fourth-order valence-corrected chi connectivity index (χ4v) is 2.78. The first-order valence-corrected chi connectivity index (χ1v) is 7.71. The van der Waals surface area contributed by atoms with Crippen molar-refractivity contribution in [1.29, 1.82) is 0 Å². The third-order valence-corrected chi connectivity index (χ3v) is 3.76. The number of nitrogens with zero attached hydrogens (tertiary/aromatic N) is 2. The third kappa shape index (κ3) is 4.14. The second-order valence-corrected chi connectivity index (χ2v) is 5.83. The zero-order chi connectivity index (χ0) is 15.2. The zero-order valence-electron chi connectivity index (χ0n) is 13.3. The van der Waals surface area contributed by atoms with Crippen LogP contribution in [-0.2, 0) is 6.42 Å². The molecule has 1 N–H and O–H groups in total. The molecule has 0 bridgehead atoms. The Bertz CT molecular complexity index is 536. The maximum Gasteiger partial charge on any atom is 0.231 e. The molecule has 1 aromatic carbocycles. The van der Waals surface area contributed by atoms with E-state index in [9.17, 15) is 0 Å². The van der Waals surface area contributed by atoms with Crippen LogP contribution in [0.5, 0.6) is 0 Å². The number of hydrogen-bond acceptors (Lipinski definition) is 4. The molecule has 0 spiro atoms. The number of rotatable bonds is 7. The molecule has 2 rings (SSSR count). The van der Waals surface area contributed by atoms with E-state index < -0.39 is 0 Å². The number of nitrogens with one attached hydrogen (secondary N) is 1. The SMILES string of the molecule is CCNC(C)C(c1nc(Cc2ccccc2)no1)C(C)C. The largest absolute Gasteiger partial charge is 0.339 e. The summed E-state index contributed by atoms with van der Waals surface area (Å²) in [6, 6.07) is 10.5. The van der Waals surface area contributed by atoms with Gasteiger partial charge in [0.25, 0.3) is 0 Å². The van der Waals surface area contributed by atoms with Crippen LogP contribution in [0.4, 0.5) is 0 Å². The number of benzene rings is 1. The highest BCUT2D eigenvalue weighted by Gasteiger charge is 2.27. The van der Waals surface area contributed by atoms with Gasteiger partial charge in [-0.15, -0.1) is 0 Å². The van der Waals surface area contributed by atoms with E-state index in [1.54, 1.807) is 0 Å². The Kier molecular flexibility index (Phi) is 5.51. The molecule has 1 heterocycles. The Morgan fingerprint density at radius 3 is 2.48 bits per heavy atom. The highest BCUT2D eigenvalue weighted by molar-refractivity contribution is 5.18. The van der Waals surface area contributed by atoms with E-state index in [0.717, 1.165) is 18.3 Å². The number of hydrogen-bond donors (Lipinski definition) is 1. The Morgan fingerprint density at radius 2 is 1.86 bits per heavy atom. The summed E-state index contributed by atoms with van der Waals surface area (Å²) in [6.45, 7) is 9.62. The van der Waals surface area contributed by atoms with Crippen LogP contribution in [0.1, 0.15) is 50.9 Å². The fourth-order valence-electron chi connectivity index (χ4n) is 2.78. The van der Waals surface area contributed by atoms with Crippen LogP contribution >= 0.6 is 0 Å². The molecule has 0 aliphatic heterocycles. The Morgan fingerprint density at radius 1 is 1.14 bits per heavy atom. The minimum atomic E-state index is 0.238. The Hall–Kier alpha value is -1.68. The second kappa shape index (κ2) is 7.36. The quantitative estimate of drug-likeness (QED) is 0.848. The molecule has 0 fully saturated rings. The lowest BCUT2D eigenvalue weighted by Crippen LogP contribution is -2.34. The van der Waals surface area contributed by atoms with E-state index in [1.165, 1.54) is 5.56 Å². The molecule has 0 saturated carbocycles. The van der Waals surface area contributed by atoms with Crippen molar-refractivity contribution in [3.05, 3.63) is 47.6 Å². The Balaban J connectivity index is 2.13. The molecule has 21 heavy (non-hydrogen) atoms. The number of likely N-dealkylation sites (N-methyl/N-ethyl adjacent to an activating group) is 1. The van der Waals surface area contributed by atoms with Crippen LogP contribution in [0.25, 0.3) is 0 Å². The average Bonchev–Trinajstić information content (AvgIpc) is 2.88. The molecular formula is C17H25N3O. The molecule has 114 valence electrons. The van der Waals surface area contributed by atoms with Gasteiger partial charge in [-0.2, -0.15) is 4.98 Å². The van der Waals surface area contributed by atoms with E-state index in [4.69, 9.17) is 4.52 Å². The molecule has 2 atom stereocenters. The van der Waals surface area contributed by atoms with Gasteiger partial charge in [-0.25, -0.2) is 0 Å². The summed E-state index contributed by atoms with van der Waals surface area (Å²) in [6.07, 6.45) is 0.713. The highest BCUT2D eigenvalue weighted by Crippen LogP contribution is 2.27. The summed E-state index contributed by atoms with van der Waals surface area (Å²) in [5.74, 6) is 2.18. The van der Waals surface area contributed by atoms with Gasteiger partial charge in [-0.05, 0) is 24.9 Å². The maximum absolute atomic E-state index is 5.53. The predicted molar refractivity (Wildman–Crippen MR) is 84.3 cm³/mol. The summed E-state index contributed by atoms with van der Waals surface area (Å²) in [5, 5.41) is 7.60. The maximum atomic E-state index is 5.53. The highest BCUT2D eigenvalue weighted by atomic mass is 16.5. The molecule has 0 amide bonds. The van der Waals surface area contributed by atoms with Gasteiger partial charge in [0.1, 0.15) is 0 Å². The van der Waals surface area contributed by atoms with E-state index in [-0.39, 0.29) is 5.92 Å². The normalized spacial score (nSPS) is 14.3. The molecule has 4 nitrogen and oxygen atoms in total. The summed E-state index contributed by atoms with van der Waals surface area (Å²) >= 11 is 0. The van der Waals surface area contributed by atoms with Crippen LogP contribution in [0.2, 0.25) is 0 Å². The van der Waals surface area contributed by atoms with Crippen LogP contribution in [-0.4, -0.2) is 22.7 Å². The van der Waals surface area contributed by atoms with Crippen molar-refractivity contribution < 1.29 is 4.52 Å². The topological polar surface area (TPSA) is 51.0 Å². The van der Waals surface area contributed by atoms with Crippen molar-refractivity contribution >= 4 is 0 Å². The van der Waals surface area contributed by atoms with Crippen molar-refractivity contribution in [2.24, 2.45) is 5.92 Å². The minimum absolute atomic E-state index is 0.238. The monoisotopic (exact) mass is 287 g/mol. The van der Waals surface area contributed by atoms with Gasteiger partial charge in [-0.3, -0.25) is 0 Å². The van der Waals surface area contributed by atoms with E-state index in [1.807, 2.05) is 18.2 Å². The van der Waals surface area contributed by atoms with Crippen molar-refractivity contribution in [2.45, 2.75) is 46.1 Å². The van der Waals surface area contributed by atoms with Crippen molar-refractivity contribution in [2.75, 3.05) is 6.54 Å². The fraction of sp³-hybridized carbons (Fsp3) is 0.529. The lowest BCUT2D eigenvalue weighted by Gasteiger charge is -2.24. The molecule has 0 aliphatic carbocycles. The first-order valence-electron chi connectivity index (χ1n) is 7.71. The van der Waals surface area contributed by atoms with Crippen LogP contribution in [0, 0.1) is 5.92 Å².